The Morgan fingerprint density at radius 1 is 0.720 bits per heavy atom. The first-order chi connectivity index (χ1) is 23.9. The molecule has 0 radical (unpaired) electrons. The van der Waals surface area contributed by atoms with Crippen molar-refractivity contribution in [1.29, 1.82) is 0 Å². The fourth-order valence-electron chi connectivity index (χ4n) is 5.86. The van der Waals surface area contributed by atoms with Gasteiger partial charge in [0, 0.05) is 10.8 Å². The zero-order chi connectivity index (χ0) is 35.8. The summed E-state index contributed by atoms with van der Waals surface area (Å²) < 4.78 is 10.5. The summed E-state index contributed by atoms with van der Waals surface area (Å²) in [5.74, 6) is 1.29. The molecule has 2 aliphatic heterocycles. The van der Waals surface area contributed by atoms with Crippen LogP contribution in [0, 0.1) is 0 Å². The number of phenolic OH excluding ortho intramolecular Hbond substituents is 2. The molecule has 2 fully saturated rings. The number of carbonyl (C=O) groups is 2. The predicted molar refractivity (Wildman–Crippen MR) is 199 cm³/mol. The number of ether oxygens (including phenoxy) is 2. The first kappa shape index (κ1) is 34.8. The standard InChI is InChI=1S/C36H38N6O6S2/c1-21-33(45)41(35(3,49-21)17-15-23-11-13-27(43)29(19-23)47-5)39-31-25-9-7-8-10-26(25)32(38-37-31)40-42-34(46)22(2)50-36(42,4)18-16-24-12-14-28(44)30(20-24)48-6/h7-22,43-44H,1-6H3,(H,37,39)(H,38,40)/b17-15+,18-16+. The number of benzene rings is 3. The summed E-state index contributed by atoms with van der Waals surface area (Å²) in [6.07, 6.45) is 7.59. The number of thioether (sulfide) groups is 2. The minimum absolute atomic E-state index is 0.0418. The number of hydrazine groups is 2. The van der Waals surface area contributed by atoms with E-state index in [-0.39, 0.29) is 33.8 Å². The van der Waals surface area contributed by atoms with Crippen LogP contribution in [-0.2, 0) is 9.59 Å². The van der Waals surface area contributed by atoms with Crippen LogP contribution in [0.1, 0.15) is 38.8 Å². The third kappa shape index (κ3) is 6.60. The molecule has 0 spiro atoms. The second kappa shape index (κ2) is 13.7. The molecule has 2 aliphatic rings. The van der Waals surface area contributed by atoms with Gasteiger partial charge in [-0.1, -0.05) is 48.6 Å². The number of hydrogen-bond acceptors (Lipinski definition) is 12. The lowest BCUT2D eigenvalue weighted by Gasteiger charge is -2.33. The molecule has 4 unspecified atom stereocenters. The zero-order valence-electron chi connectivity index (χ0n) is 28.4. The molecule has 4 aromatic rings. The Bertz CT molecular complexity index is 1880. The maximum absolute atomic E-state index is 13.5. The first-order valence-corrected chi connectivity index (χ1v) is 17.6. The lowest BCUT2D eigenvalue weighted by Crippen LogP contribution is -2.46. The zero-order valence-corrected chi connectivity index (χ0v) is 30.0. The van der Waals surface area contributed by atoms with Crippen LogP contribution in [-0.4, -0.2) is 76.7 Å². The molecule has 4 atom stereocenters. The van der Waals surface area contributed by atoms with Gasteiger partial charge in [0.05, 0.1) is 24.7 Å². The Morgan fingerprint density at radius 3 is 1.50 bits per heavy atom. The van der Waals surface area contributed by atoms with E-state index in [2.05, 4.69) is 21.0 Å². The highest BCUT2D eigenvalue weighted by Gasteiger charge is 2.47. The third-order valence-electron chi connectivity index (χ3n) is 8.56. The van der Waals surface area contributed by atoms with E-state index < -0.39 is 9.74 Å². The lowest BCUT2D eigenvalue weighted by molar-refractivity contribution is -0.130. The van der Waals surface area contributed by atoms with Gasteiger partial charge in [0.15, 0.2) is 34.6 Å². The number of amides is 2. The van der Waals surface area contributed by atoms with Crippen molar-refractivity contribution in [2.45, 2.75) is 47.9 Å². The van der Waals surface area contributed by atoms with Crippen molar-refractivity contribution in [3.8, 4) is 23.0 Å². The number of carbonyl (C=O) groups excluding carboxylic acids is 2. The van der Waals surface area contributed by atoms with E-state index in [0.29, 0.717) is 33.9 Å². The highest BCUT2D eigenvalue weighted by Crippen LogP contribution is 2.45. The van der Waals surface area contributed by atoms with Crippen molar-refractivity contribution in [3.05, 3.63) is 83.9 Å². The maximum Gasteiger partial charge on any atom is 0.255 e. The average Bonchev–Trinajstić information content (AvgIpc) is 3.46. The van der Waals surface area contributed by atoms with E-state index in [4.69, 9.17) is 9.47 Å². The van der Waals surface area contributed by atoms with Crippen molar-refractivity contribution < 1.29 is 29.3 Å². The molecule has 3 aromatic carbocycles. The molecule has 0 aliphatic carbocycles. The molecule has 2 amide bonds. The molecule has 50 heavy (non-hydrogen) atoms. The SMILES string of the molecule is COc1cc(/C=C/C2(C)SC(C)C(=O)N2Nc2nnc(NN3C(=O)C(C)SC3(C)/C=C/c3ccc(O)c(OC)c3)c3ccccc23)ccc1O. The summed E-state index contributed by atoms with van der Waals surface area (Å²) in [6, 6.07) is 17.6. The normalized spacial score (nSPS) is 23.8. The van der Waals surface area contributed by atoms with Gasteiger partial charge < -0.3 is 19.7 Å². The fraction of sp³-hybridized carbons (Fsp3) is 0.278. The summed E-state index contributed by atoms with van der Waals surface area (Å²) >= 11 is 2.97. The highest BCUT2D eigenvalue weighted by atomic mass is 32.2. The maximum atomic E-state index is 13.5. The Labute approximate surface area is 298 Å². The monoisotopic (exact) mass is 714 g/mol. The van der Waals surface area contributed by atoms with Crippen LogP contribution in [0.25, 0.3) is 22.9 Å². The minimum atomic E-state index is -0.799. The Balaban J connectivity index is 1.29. The van der Waals surface area contributed by atoms with E-state index in [1.807, 2.05) is 76.3 Å². The van der Waals surface area contributed by atoms with Crippen LogP contribution >= 0.6 is 23.5 Å². The van der Waals surface area contributed by atoms with Crippen molar-refractivity contribution in [2.75, 3.05) is 25.1 Å². The van der Waals surface area contributed by atoms with Crippen LogP contribution in [0.2, 0.25) is 0 Å². The summed E-state index contributed by atoms with van der Waals surface area (Å²) in [4.78, 5) is 25.4. The van der Waals surface area contributed by atoms with Crippen molar-refractivity contribution in [1.82, 2.24) is 20.2 Å². The number of fused-ring (bicyclic) bond motifs is 1. The minimum Gasteiger partial charge on any atom is -0.504 e. The van der Waals surface area contributed by atoms with Gasteiger partial charge in [-0.15, -0.1) is 33.7 Å². The van der Waals surface area contributed by atoms with Gasteiger partial charge >= 0.3 is 0 Å². The van der Waals surface area contributed by atoms with Gasteiger partial charge in [0.1, 0.15) is 9.74 Å². The number of aromatic nitrogens is 2. The Hall–Kier alpha value is -5.08. The number of aromatic hydroxyl groups is 2. The molecule has 6 rings (SSSR count). The second-order valence-corrected chi connectivity index (χ2v) is 15.7. The van der Waals surface area contributed by atoms with Crippen molar-refractivity contribution in [3.63, 3.8) is 0 Å². The van der Waals surface area contributed by atoms with Crippen LogP contribution in [0.5, 0.6) is 23.0 Å². The summed E-state index contributed by atoms with van der Waals surface area (Å²) in [5.41, 5.74) is 8.09. The molecule has 0 saturated carbocycles. The quantitative estimate of drug-likeness (QED) is 0.142. The number of anilines is 2. The van der Waals surface area contributed by atoms with E-state index in [1.165, 1.54) is 37.7 Å². The molecule has 3 heterocycles. The van der Waals surface area contributed by atoms with Gasteiger partial charge in [-0.05, 0) is 75.2 Å². The number of methoxy groups -OCH3 is 2. The van der Waals surface area contributed by atoms with Crippen LogP contribution in [0.15, 0.2) is 72.8 Å². The van der Waals surface area contributed by atoms with Crippen LogP contribution < -0.4 is 20.3 Å². The van der Waals surface area contributed by atoms with Crippen LogP contribution in [0.4, 0.5) is 11.6 Å². The molecular formula is C36H38N6O6S2. The van der Waals surface area contributed by atoms with E-state index in [1.54, 1.807) is 46.4 Å². The second-order valence-electron chi connectivity index (χ2n) is 12.2. The molecule has 0 bridgehead atoms. The van der Waals surface area contributed by atoms with E-state index >= 15 is 0 Å². The van der Waals surface area contributed by atoms with E-state index in [0.717, 1.165) is 11.1 Å². The van der Waals surface area contributed by atoms with Crippen molar-refractivity contribution >= 4 is 69.9 Å². The molecule has 14 heteroatoms. The molecule has 260 valence electrons. The first-order valence-electron chi connectivity index (χ1n) is 15.8. The summed E-state index contributed by atoms with van der Waals surface area (Å²) in [5, 5.41) is 32.8. The van der Waals surface area contributed by atoms with Gasteiger partial charge in [-0.2, -0.15) is 0 Å². The van der Waals surface area contributed by atoms with Crippen LogP contribution in [0.3, 0.4) is 0 Å². The summed E-state index contributed by atoms with van der Waals surface area (Å²) in [7, 11) is 2.98. The largest absolute Gasteiger partial charge is 0.504 e. The average molecular weight is 715 g/mol. The van der Waals surface area contributed by atoms with E-state index in [9.17, 15) is 19.8 Å². The van der Waals surface area contributed by atoms with Gasteiger partial charge in [0.2, 0.25) is 0 Å². The molecule has 12 nitrogen and oxygen atoms in total. The Kier molecular flexibility index (Phi) is 9.51. The lowest BCUT2D eigenvalue weighted by atomic mass is 10.1. The molecule has 1 aromatic heterocycles. The van der Waals surface area contributed by atoms with Gasteiger partial charge in [-0.3, -0.25) is 20.4 Å². The molecule has 2 saturated heterocycles. The number of nitrogens with zero attached hydrogens (tertiary/aromatic N) is 4. The fourth-order valence-corrected chi connectivity index (χ4v) is 8.48. The van der Waals surface area contributed by atoms with Gasteiger partial charge in [-0.25, -0.2) is 10.0 Å². The highest BCUT2D eigenvalue weighted by molar-refractivity contribution is 8.02. The van der Waals surface area contributed by atoms with Gasteiger partial charge in [0.25, 0.3) is 11.8 Å². The number of hydrogen-bond donors (Lipinski definition) is 4. The molecular weight excluding hydrogens is 677 g/mol. The number of rotatable bonds is 10. The topological polar surface area (TPSA) is 149 Å². The Morgan fingerprint density at radius 2 is 1.12 bits per heavy atom. The smallest absolute Gasteiger partial charge is 0.255 e. The summed E-state index contributed by atoms with van der Waals surface area (Å²) in [6.45, 7) is 7.59. The predicted octanol–water partition coefficient (Wildman–Crippen LogP) is 6.50. The number of nitrogens with one attached hydrogen (secondary N) is 2. The van der Waals surface area contributed by atoms with Crippen molar-refractivity contribution in [2.24, 2.45) is 0 Å². The molecule has 4 N–H and O–H groups in total. The third-order valence-corrected chi connectivity index (χ3v) is 11.3. The number of phenols is 2.